The summed E-state index contributed by atoms with van der Waals surface area (Å²) in [7, 11) is -3.99. The lowest BCUT2D eigenvalue weighted by atomic mass is 10.1. The van der Waals surface area contributed by atoms with Gasteiger partial charge in [0.05, 0.1) is 10.6 Å². The number of carbonyl (C=O) groups excluding carboxylic acids is 1. The second-order valence-corrected chi connectivity index (χ2v) is 9.09. The summed E-state index contributed by atoms with van der Waals surface area (Å²) in [5.74, 6) is -1.25. The van der Waals surface area contributed by atoms with Crippen LogP contribution in [0.3, 0.4) is 0 Å². The van der Waals surface area contributed by atoms with Crippen LogP contribution in [-0.4, -0.2) is 48.8 Å². The molecule has 1 N–H and O–H groups in total. The molecule has 1 saturated heterocycles. The Morgan fingerprint density at radius 3 is 2.75 bits per heavy atom. The average Bonchev–Trinajstić information content (AvgIpc) is 3.27. The van der Waals surface area contributed by atoms with Crippen LogP contribution in [-0.2, 0) is 14.8 Å². The molecular weight excluding hydrogens is 380 g/mol. The molecule has 0 aliphatic carbocycles. The molecule has 0 radical (unpaired) electrons. The van der Waals surface area contributed by atoms with E-state index in [2.05, 4.69) is 0 Å². The third-order valence-electron chi connectivity index (χ3n) is 5.56. The zero-order valence-corrected chi connectivity index (χ0v) is 16.4. The Kier molecular flexibility index (Phi) is 4.63. The summed E-state index contributed by atoms with van der Waals surface area (Å²) in [6.07, 6.45) is 2.62. The molecule has 2 aromatic rings. The standard InChI is InChI=1S/C20H22N2O5S/c1-2-3-11-21-15-9-10-17(13-6-4-7-14(18(13)15)19(21)23)28(26,27)22-12-5-8-16(22)20(24)25/h4,6-7,9-10,16H,2-3,5,8,11-12H2,1H3,(H,24,25). The molecule has 1 fully saturated rings. The minimum Gasteiger partial charge on any atom is -0.480 e. The highest BCUT2D eigenvalue weighted by atomic mass is 32.2. The summed E-state index contributed by atoms with van der Waals surface area (Å²) in [6, 6.07) is 7.22. The van der Waals surface area contributed by atoms with E-state index >= 15 is 0 Å². The number of rotatable bonds is 6. The highest BCUT2D eigenvalue weighted by molar-refractivity contribution is 7.89. The SMILES string of the molecule is CCCCN1C(=O)c2cccc3c(S(=O)(=O)N4CCCC4C(=O)O)ccc1c23. The normalized spacial score (nSPS) is 19.7. The maximum Gasteiger partial charge on any atom is 0.322 e. The zero-order chi connectivity index (χ0) is 20.1. The minimum atomic E-state index is -3.99. The number of carbonyl (C=O) groups is 2. The summed E-state index contributed by atoms with van der Waals surface area (Å²) < 4.78 is 27.7. The van der Waals surface area contributed by atoms with Gasteiger partial charge in [-0.25, -0.2) is 8.42 Å². The van der Waals surface area contributed by atoms with E-state index in [0.717, 1.165) is 22.8 Å². The van der Waals surface area contributed by atoms with Crippen molar-refractivity contribution in [1.29, 1.82) is 0 Å². The number of hydrogen-bond donors (Lipinski definition) is 1. The summed E-state index contributed by atoms with van der Waals surface area (Å²) >= 11 is 0. The van der Waals surface area contributed by atoms with Crippen molar-refractivity contribution in [2.75, 3.05) is 18.0 Å². The van der Waals surface area contributed by atoms with Gasteiger partial charge in [-0.3, -0.25) is 9.59 Å². The van der Waals surface area contributed by atoms with Crippen LogP contribution in [0.2, 0.25) is 0 Å². The van der Waals surface area contributed by atoms with Gasteiger partial charge in [0.15, 0.2) is 0 Å². The smallest absolute Gasteiger partial charge is 0.322 e. The third kappa shape index (κ3) is 2.70. The maximum atomic E-state index is 13.3. The van der Waals surface area contributed by atoms with Gasteiger partial charge in [0.1, 0.15) is 6.04 Å². The van der Waals surface area contributed by atoms with E-state index < -0.39 is 22.0 Å². The fraction of sp³-hybridized carbons (Fsp3) is 0.400. The second-order valence-electron chi connectivity index (χ2n) is 7.23. The van der Waals surface area contributed by atoms with Crippen LogP contribution in [0, 0.1) is 0 Å². The van der Waals surface area contributed by atoms with Gasteiger partial charge in [-0.15, -0.1) is 0 Å². The Labute approximate surface area is 163 Å². The van der Waals surface area contributed by atoms with Crippen molar-refractivity contribution in [3.63, 3.8) is 0 Å². The monoisotopic (exact) mass is 402 g/mol. The minimum absolute atomic E-state index is 0.0615. The number of sulfonamides is 1. The highest BCUT2D eigenvalue weighted by Crippen LogP contribution is 2.41. The van der Waals surface area contributed by atoms with Crippen molar-refractivity contribution in [3.05, 3.63) is 35.9 Å². The zero-order valence-electron chi connectivity index (χ0n) is 15.6. The first-order valence-electron chi connectivity index (χ1n) is 9.50. The van der Waals surface area contributed by atoms with Crippen molar-refractivity contribution in [2.24, 2.45) is 0 Å². The van der Waals surface area contributed by atoms with E-state index in [0.29, 0.717) is 35.7 Å². The number of carboxylic acid groups (broad SMARTS) is 1. The average molecular weight is 402 g/mol. The maximum absolute atomic E-state index is 13.3. The van der Waals surface area contributed by atoms with Crippen LogP contribution in [0.4, 0.5) is 5.69 Å². The molecule has 1 amide bonds. The Morgan fingerprint density at radius 1 is 1.25 bits per heavy atom. The molecule has 0 bridgehead atoms. The Balaban J connectivity index is 1.87. The van der Waals surface area contributed by atoms with Crippen molar-refractivity contribution in [1.82, 2.24) is 4.31 Å². The van der Waals surface area contributed by atoms with E-state index in [-0.39, 0.29) is 17.3 Å². The Bertz CT molecular complexity index is 1080. The Hall–Kier alpha value is -2.45. The van der Waals surface area contributed by atoms with E-state index in [9.17, 15) is 23.1 Å². The Morgan fingerprint density at radius 2 is 2.04 bits per heavy atom. The van der Waals surface area contributed by atoms with Crippen molar-refractivity contribution in [3.8, 4) is 0 Å². The molecule has 0 saturated carbocycles. The number of amides is 1. The summed E-state index contributed by atoms with van der Waals surface area (Å²) in [5, 5.41) is 10.5. The van der Waals surface area contributed by atoms with Crippen molar-refractivity contribution >= 4 is 38.4 Å². The molecule has 2 aliphatic rings. The van der Waals surface area contributed by atoms with E-state index in [1.54, 1.807) is 29.2 Å². The lowest BCUT2D eigenvalue weighted by Gasteiger charge is -2.22. The lowest BCUT2D eigenvalue weighted by molar-refractivity contribution is -0.140. The van der Waals surface area contributed by atoms with Crippen LogP contribution in [0.15, 0.2) is 35.2 Å². The number of carboxylic acids is 1. The summed E-state index contributed by atoms with van der Waals surface area (Å²) in [6.45, 7) is 2.82. The molecule has 1 unspecified atom stereocenters. The first kappa shape index (κ1) is 18.9. The third-order valence-corrected chi connectivity index (χ3v) is 7.52. The number of benzene rings is 2. The molecule has 148 valence electrons. The van der Waals surface area contributed by atoms with E-state index in [1.165, 1.54) is 6.07 Å². The van der Waals surface area contributed by atoms with Gasteiger partial charge in [0.25, 0.3) is 5.91 Å². The fourth-order valence-electron chi connectivity index (χ4n) is 4.18. The van der Waals surface area contributed by atoms with Crippen molar-refractivity contribution < 1.29 is 23.1 Å². The van der Waals surface area contributed by atoms with Gasteiger partial charge < -0.3 is 10.0 Å². The molecule has 4 rings (SSSR count). The number of hydrogen-bond acceptors (Lipinski definition) is 4. The summed E-state index contributed by atoms with van der Waals surface area (Å²) in [4.78, 5) is 26.1. The molecule has 7 nitrogen and oxygen atoms in total. The number of nitrogens with zero attached hydrogens (tertiary/aromatic N) is 2. The van der Waals surface area contributed by atoms with Crippen LogP contribution in [0.5, 0.6) is 0 Å². The highest BCUT2D eigenvalue weighted by Gasteiger charge is 2.41. The molecule has 2 aliphatic heterocycles. The fourth-order valence-corrected chi connectivity index (χ4v) is 6.02. The molecule has 0 aromatic heterocycles. The molecule has 8 heteroatoms. The van der Waals surface area contributed by atoms with Gasteiger partial charge in [0, 0.05) is 29.4 Å². The van der Waals surface area contributed by atoms with Gasteiger partial charge >= 0.3 is 5.97 Å². The molecule has 0 spiro atoms. The first-order valence-corrected chi connectivity index (χ1v) is 10.9. The number of anilines is 1. The van der Waals surface area contributed by atoms with Crippen LogP contribution in [0.25, 0.3) is 10.8 Å². The van der Waals surface area contributed by atoms with Crippen LogP contribution >= 0.6 is 0 Å². The van der Waals surface area contributed by atoms with E-state index in [1.807, 2.05) is 6.92 Å². The van der Waals surface area contributed by atoms with Crippen LogP contribution < -0.4 is 4.90 Å². The molecular formula is C20H22N2O5S. The molecule has 28 heavy (non-hydrogen) atoms. The molecule has 2 heterocycles. The molecule has 2 aromatic carbocycles. The predicted molar refractivity (Wildman–Crippen MR) is 105 cm³/mol. The van der Waals surface area contributed by atoms with Gasteiger partial charge in [-0.05, 0) is 37.5 Å². The van der Waals surface area contributed by atoms with Crippen molar-refractivity contribution in [2.45, 2.75) is 43.5 Å². The second kappa shape index (κ2) is 6.86. The largest absolute Gasteiger partial charge is 0.480 e. The first-order chi connectivity index (χ1) is 13.4. The lowest BCUT2D eigenvalue weighted by Crippen LogP contribution is -2.40. The van der Waals surface area contributed by atoms with Gasteiger partial charge in [-0.2, -0.15) is 4.31 Å². The number of unbranched alkanes of at least 4 members (excludes halogenated alkanes) is 1. The molecule has 1 atom stereocenters. The topological polar surface area (TPSA) is 95.0 Å². The summed E-state index contributed by atoms with van der Waals surface area (Å²) in [5.41, 5.74) is 1.22. The van der Waals surface area contributed by atoms with Crippen LogP contribution in [0.1, 0.15) is 43.0 Å². The van der Waals surface area contributed by atoms with Gasteiger partial charge in [-0.1, -0.05) is 25.5 Å². The number of aliphatic carboxylic acids is 1. The van der Waals surface area contributed by atoms with Gasteiger partial charge in [0.2, 0.25) is 10.0 Å². The quantitative estimate of drug-likeness (QED) is 0.802. The van der Waals surface area contributed by atoms with E-state index in [4.69, 9.17) is 0 Å². The predicted octanol–water partition coefficient (Wildman–Crippen LogP) is 2.84.